The summed E-state index contributed by atoms with van der Waals surface area (Å²) in [4.78, 5) is 10.5. The minimum absolute atomic E-state index is 0.0774. The van der Waals surface area contributed by atoms with Gasteiger partial charge in [0.25, 0.3) is 0 Å². The number of aliphatic carboxylic acids is 1. The Balaban J connectivity index is 1.93. The molecule has 0 bridgehead atoms. The van der Waals surface area contributed by atoms with Gasteiger partial charge in [-0.1, -0.05) is 30.3 Å². The maximum atomic E-state index is 10.5. The molecule has 3 N–H and O–H groups in total. The van der Waals surface area contributed by atoms with Crippen LogP contribution in [0.2, 0.25) is 0 Å². The van der Waals surface area contributed by atoms with E-state index in [9.17, 15) is 4.79 Å². The third-order valence-corrected chi connectivity index (χ3v) is 3.03. The summed E-state index contributed by atoms with van der Waals surface area (Å²) in [5.41, 5.74) is 7.11. The molecular formula is C12H15NO2. The van der Waals surface area contributed by atoms with Crippen molar-refractivity contribution in [3.8, 4) is 0 Å². The lowest BCUT2D eigenvalue weighted by atomic mass is 10.0. The Kier molecular flexibility index (Phi) is 2.73. The highest BCUT2D eigenvalue weighted by Crippen LogP contribution is 2.49. The molecule has 15 heavy (non-hydrogen) atoms. The first kappa shape index (κ1) is 10.2. The van der Waals surface area contributed by atoms with Gasteiger partial charge >= 0.3 is 5.97 Å². The van der Waals surface area contributed by atoms with Gasteiger partial charge in [0.15, 0.2) is 0 Å². The first-order valence-electron chi connectivity index (χ1n) is 5.21. The number of nitrogens with two attached hydrogens (primary N) is 1. The molecule has 0 amide bonds. The third-order valence-electron chi connectivity index (χ3n) is 3.03. The van der Waals surface area contributed by atoms with Crippen molar-refractivity contribution in [2.75, 3.05) is 0 Å². The first-order valence-corrected chi connectivity index (χ1v) is 5.21. The summed E-state index contributed by atoms with van der Waals surface area (Å²) in [6, 6.07) is 9.96. The van der Waals surface area contributed by atoms with E-state index in [4.69, 9.17) is 10.8 Å². The molecule has 1 aliphatic rings. The molecule has 1 aromatic rings. The number of carboxylic acid groups (broad SMARTS) is 1. The Morgan fingerprint density at radius 2 is 2.13 bits per heavy atom. The van der Waals surface area contributed by atoms with Crippen LogP contribution in [0.25, 0.3) is 0 Å². The Morgan fingerprint density at radius 1 is 1.47 bits per heavy atom. The van der Waals surface area contributed by atoms with E-state index in [-0.39, 0.29) is 12.5 Å². The molecule has 1 aromatic carbocycles. The van der Waals surface area contributed by atoms with E-state index in [0.717, 1.165) is 6.42 Å². The molecule has 3 atom stereocenters. The largest absolute Gasteiger partial charge is 0.481 e. The van der Waals surface area contributed by atoms with Gasteiger partial charge in [-0.25, -0.2) is 0 Å². The fourth-order valence-corrected chi connectivity index (χ4v) is 2.12. The highest BCUT2D eigenvalue weighted by molar-refractivity contribution is 5.67. The van der Waals surface area contributed by atoms with E-state index < -0.39 is 5.97 Å². The van der Waals surface area contributed by atoms with Crippen LogP contribution in [0.1, 0.15) is 24.3 Å². The molecule has 0 aliphatic heterocycles. The smallest absolute Gasteiger partial charge is 0.304 e. The van der Waals surface area contributed by atoms with Crippen molar-refractivity contribution in [1.29, 1.82) is 0 Å². The predicted molar refractivity (Wildman–Crippen MR) is 57.5 cm³/mol. The molecule has 1 aliphatic carbocycles. The molecule has 0 aromatic heterocycles. The van der Waals surface area contributed by atoms with Crippen LogP contribution >= 0.6 is 0 Å². The van der Waals surface area contributed by atoms with Crippen LogP contribution in [0.3, 0.4) is 0 Å². The van der Waals surface area contributed by atoms with Crippen LogP contribution in [0.5, 0.6) is 0 Å². The topological polar surface area (TPSA) is 63.3 Å². The van der Waals surface area contributed by atoms with Crippen LogP contribution in [-0.4, -0.2) is 17.1 Å². The van der Waals surface area contributed by atoms with Gasteiger partial charge in [-0.3, -0.25) is 4.79 Å². The summed E-state index contributed by atoms with van der Waals surface area (Å²) >= 11 is 0. The zero-order chi connectivity index (χ0) is 10.8. The molecule has 0 heterocycles. The normalized spacial score (nSPS) is 25.9. The Hall–Kier alpha value is -1.35. The standard InChI is InChI=1S/C12H15NO2/c13-11(7-12(14)15)10-6-9(10)8-4-2-1-3-5-8/h1-5,9-11H,6-7,13H2,(H,14,15)/t9-,10+,11?/m1/s1. The minimum Gasteiger partial charge on any atom is -0.481 e. The first-order chi connectivity index (χ1) is 7.18. The van der Waals surface area contributed by atoms with Crippen molar-refractivity contribution in [2.45, 2.75) is 24.8 Å². The van der Waals surface area contributed by atoms with E-state index in [1.165, 1.54) is 5.56 Å². The van der Waals surface area contributed by atoms with Crippen LogP contribution in [0, 0.1) is 5.92 Å². The van der Waals surface area contributed by atoms with Gasteiger partial charge in [-0.05, 0) is 23.8 Å². The summed E-state index contributed by atoms with van der Waals surface area (Å²) < 4.78 is 0. The van der Waals surface area contributed by atoms with Crippen LogP contribution in [0.15, 0.2) is 30.3 Å². The number of hydrogen-bond donors (Lipinski definition) is 2. The fraction of sp³-hybridized carbons (Fsp3) is 0.417. The van der Waals surface area contributed by atoms with Gasteiger partial charge in [-0.15, -0.1) is 0 Å². The molecule has 3 heteroatoms. The predicted octanol–water partition coefficient (Wildman–Crippen LogP) is 1.59. The quantitative estimate of drug-likeness (QED) is 0.784. The molecule has 0 spiro atoms. The van der Waals surface area contributed by atoms with Crippen LogP contribution < -0.4 is 5.73 Å². The van der Waals surface area contributed by atoms with Gasteiger partial charge in [0.2, 0.25) is 0 Å². The molecule has 3 nitrogen and oxygen atoms in total. The molecule has 0 saturated heterocycles. The summed E-state index contributed by atoms with van der Waals surface area (Å²) in [5.74, 6) is 0.0188. The average molecular weight is 205 g/mol. The zero-order valence-corrected chi connectivity index (χ0v) is 8.47. The maximum absolute atomic E-state index is 10.5. The van der Waals surface area contributed by atoms with Crippen molar-refractivity contribution >= 4 is 5.97 Å². The molecule has 80 valence electrons. The molecule has 1 fully saturated rings. The highest BCUT2D eigenvalue weighted by atomic mass is 16.4. The van der Waals surface area contributed by atoms with Crippen LogP contribution in [0.4, 0.5) is 0 Å². The van der Waals surface area contributed by atoms with Crippen molar-refractivity contribution in [1.82, 2.24) is 0 Å². The Labute approximate surface area is 88.9 Å². The van der Waals surface area contributed by atoms with E-state index in [1.54, 1.807) is 0 Å². The number of carbonyl (C=O) groups is 1. The lowest BCUT2D eigenvalue weighted by Crippen LogP contribution is -2.26. The summed E-state index contributed by atoms with van der Waals surface area (Å²) in [6.45, 7) is 0. The van der Waals surface area contributed by atoms with Crippen molar-refractivity contribution in [3.05, 3.63) is 35.9 Å². The number of rotatable bonds is 4. The van der Waals surface area contributed by atoms with Gasteiger partial charge in [0, 0.05) is 6.04 Å². The van der Waals surface area contributed by atoms with E-state index in [2.05, 4.69) is 12.1 Å². The molecule has 0 radical (unpaired) electrons. The van der Waals surface area contributed by atoms with Crippen molar-refractivity contribution in [2.24, 2.45) is 11.7 Å². The van der Waals surface area contributed by atoms with Gasteiger partial charge in [0.1, 0.15) is 0 Å². The minimum atomic E-state index is -0.804. The zero-order valence-electron chi connectivity index (χ0n) is 8.47. The monoisotopic (exact) mass is 205 g/mol. The lowest BCUT2D eigenvalue weighted by molar-refractivity contribution is -0.137. The van der Waals surface area contributed by atoms with E-state index >= 15 is 0 Å². The average Bonchev–Trinajstić information content (AvgIpc) is 2.97. The van der Waals surface area contributed by atoms with Crippen molar-refractivity contribution in [3.63, 3.8) is 0 Å². The summed E-state index contributed by atoms with van der Waals surface area (Å²) in [6.07, 6.45) is 1.10. The summed E-state index contributed by atoms with van der Waals surface area (Å²) in [5, 5.41) is 8.64. The SMILES string of the molecule is NC(CC(=O)O)[C@H]1C[C@@H]1c1ccccc1. The Bertz CT molecular complexity index is 350. The second-order valence-corrected chi connectivity index (χ2v) is 4.18. The number of benzene rings is 1. The number of hydrogen-bond acceptors (Lipinski definition) is 2. The van der Waals surface area contributed by atoms with Gasteiger partial charge < -0.3 is 10.8 Å². The van der Waals surface area contributed by atoms with Gasteiger partial charge in [-0.2, -0.15) is 0 Å². The molecule has 1 saturated carbocycles. The summed E-state index contributed by atoms with van der Waals surface area (Å²) in [7, 11) is 0. The van der Waals surface area contributed by atoms with Crippen molar-refractivity contribution < 1.29 is 9.90 Å². The maximum Gasteiger partial charge on any atom is 0.304 e. The van der Waals surface area contributed by atoms with Gasteiger partial charge in [0.05, 0.1) is 6.42 Å². The van der Waals surface area contributed by atoms with E-state index in [1.807, 2.05) is 18.2 Å². The fourth-order valence-electron chi connectivity index (χ4n) is 2.12. The Morgan fingerprint density at radius 3 is 2.73 bits per heavy atom. The lowest BCUT2D eigenvalue weighted by Gasteiger charge is -2.07. The molecule has 2 rings (SSSR count). The second-order valence-electron chi connectivity index (χ2n) is 4.18. The highest BCUT2D eigenvalue weighted by Gasteiger charge is 2.42. The van der Waals surface area contributed by atoms with E-state index in [0.29, 0.717) is 11.8 Å². The van der Waals surface area contributed by atoms with Crippen LogP contribution in [-0.2, 0) is 4.79 Å². The third kappa shape index (κ3) is 2.36. The second kappa shape index (κ2) is 4.03. The molecule has 1 unspecified atom stereocenters. The number of carboxylic acids is 1. The molecular weight excluding hydrogens is 190 g/mol.